The SMILES string of the molecule is CCCC1CC(c2nc(-c3cccnc3)nn2-c2ccc(Br)cc2)CCO1. The molecule has 0 bridgehead atoms. The number of hydrogen-bond acceptors (Lipinski definition) is 4. The quantitative estimate of drug-likeness (QED) is 0.565. The van der Waals surface area contributed by atoms with Crippen LogP contribution in [0.25, 0.3) is 17.1 Å². The van der Waals surface area contributed by atoms with Crippen molar-refractivity contribution in [1.29, 1.82) is 0 Å². The molecule has 0 radical (unpaired) electrons. The third-order valence-corrected chi connectivity index (χ3v) is 5.49. The molecule has 140 valence electrons. The molecule has 1 aliphatic rings. The van der Waals surface area contributed by atoms with Crippen molar-refractivity contribution in [2.45, 2.75) is 44.6 Å². The molecule has 2 atom stereocenters. The molecule has 0 N–H and O–H groups in total. The minimum absolute atomic E-state index is 0.311. The lowest BCUT2D eigenvalue weighted by molar-refractivity contribution is 0.0000916. The van der Waals surface area contributed by atoms with E-state index >= 15 is 0 Å². The predicted octanol–water partition coefficient (Wildman–Crippen LogP) is 5.15. The van der Waals surface area contributed by atoms with Crippen molar-refractivity contribution >= 4 is 15.9 Å². The molecule has 1 aliphatic heterocycles. The van der Waals surface area contributed by atoms with Crippen molar-refractivity contribution in [3.8, 4) is 17.1 Å². The largest absolute Gasteiger partial charge is 0.378 e. The zero-order valence-corrected chi connectivity index (χ0v) is 17.0. The normalized spacial score (nSPS) is 19.9. The van der Waals surface area contributed by atoms with Crippen LogP contribution in [-0.4, -0.2) is 32.5 Å². The van der Waals surface area contributed by atoms with Gasteiger partial charge in [-0.15, -0.1) is 5.10 Å². The molecule has 3 heterocycles. The number of nitrogens with zero attached hydrogens (tertiary/aromatic N) is 4. The fourth-order valence-electron chi connectivity index (χ4n) is 3.62. The van der Waals surface area contributed by atoms with Crippen LogP contribution in [-0.2, 0) is 4.74 Å². The van der Waals surface area contributed by atoms with Crippen LogP contribution in [0.2, 0.25) is 0 Å². The van der Waals surface area contributed by atoms with Crippen molar-refractivity contribution < 1.29 is 4.74 Å². The molecule has 1 fully saturated rings. The van der Waals surface area contributed by atoms with Gasteiger partial charge in [0.25, 0.3) is 0 Å². The van der Waals surface area contributed by atoms with E-state index < -0.39 is 0 Å². The summed E-state index contributed by atoms with van der Waals surface area (Å²) < 4.78 is 8.99. The summed E-state index contributed by atoms with van der Waals surface area (Å²) >= 11 is 3.51. The first kappa shape index (κ1) is 18.3. The molecule has 27 heavy (non-hydrogen) atoms. The minimum Gasteiger partial charge on any atom is -0.378 e. The highest BCUT2D eigenvalue weighted by molar-refractivity contribution is 9.10. The summed E-state index contributed by atoms with van der Waals surface area (Å²) in [6.07, 6.45) is 8.09. The highest BCUT2D eigenvalue weighted by atomic mass is 79.9. The lowest BCUT2D eigenvalue weighted by Crippen LogP contribution is -2.26. The van der Waals surface area contributed by atoms with E-state index in [-0.39, 0.29) is 0 Å². The Morgan fingerprint density at radius 3 is 2.81 bits per heavy atom. The second-order valence-corrected chi connectivity index (χ2v) is 7.84. The molecule has 2 aromatic heterocycles. The maximum absolute atomic E-state index is 5.95. The number of halogens is 1. The van der Waals surface area contributed by atoms with E-state index in [0.29, 0.717) is 12.0 Å². The minimum atomic E-state index is 0.311. The molecule has 0 amide bonds. The lowest BCUT2D eigenvalue weighted by Gasteiger charge is -2.29. The van der Waals surface area contributed by atoms with Gasteiger partial charge in [0.2, 0.25) is 0 Å². The van der Waals surface area contributed by atoms with Gasteiger partial charge in [0.15, 0.2) is 5.82 Å². The Morgan fingerprint density at radius 1 is 1.22 bits per heavy atom. The predicted molar refractivity (Wildman–Crippen MR) is 109 cm³/mol. The summed E-state index contributed by atoms with van der Waals surface area (Å²) in [6, 6.07) is 12.1. The van der Waals surface area contributed by atoms with Crippen molar-refractivity contribution in [3.05, 3.63) is 59.1 Å². The van der Waals surface area contributed by atoms with E-state index in [1.165, 1.54) is 0 Å². The van der Waals surface area contributed by atoms with Crippen molar-refractivity contribution in [3.63, 3.8) is 0 Å². The summed E-state index contributed by atoms with van der Waals surface area (Å²) in [7, 11) is 0. The molecule has 0 spiro atoms. The number of pyridine rings is 1. The molecule has 4 rings (SSSR count). The molecule has 5 nitrogen and oxygen atoms in total. The highest BCUT2D eigenvalue weighted by Gasteiger charge is 2.28. The summed E-state index contributed by atoms with van der Waals surface area (Å²) in [6.45, 7) is 2.99. The van der Waals surface area contributed by atoms with Crippen LogP contribution in [0.4, 0.5) is 0 Å². The van der Waals surface area contributed by atoms with E-state index in [1.54, 1.807) is 6.20 Å². The van der Waals surface area contributed by atoms with E-state index in [0.717, 1.165) is 59.7 Å². The fraction of sp³-hybridized carbons (Fsp3) is 0.381. The third-order valence-electron chi connectivity index (χ3n) is 4.97. The molecule has 3 aromatic rings. The fourth-order valence-corrected chi connectivity index (χ4v) is 3.88. The Labute approximate surface area is 167 Å². The monoisotopic (exact) mass is 426 g/mol. The first-order valence-corrected chi connectivity index (χ1v) is 10.3. The van der Waals surface area contributed by atoms with Crippen molar-refractivity contribution in [1.82, 2.24) is 19.7 Å². The molecule has 1 aromatic carbocycles. The van der Waals surface area contributed by atoms with Crippen LogP contribution >= 0.6 is 15.9 Å². The molecule has 2 unspecified atom stereocenters. The van der Waals surface area contributed by atoms with Gasteiger partial charge < -0.3 is 4.74 Å². The Balaban J connectivity index is 1.74. The zero-order valence-electron chi connectivity index (χ0n) is 15.4. The van der Waals surface area contributed by atoms with Gasteiger partial charge in [-0.2, -0.15) is 0 Å². The molecule has 0 aliphatic carbocycles. The van der Waals surface area contributed by atoms with Crippen molar-refractivity contribution in [2.75, 3.05) is 6.61 Å². The van der Waals surface area contributed by atoms with Crippen LogP contribution < -0.4 is 0 Å². The maximum atomic E-state index is 5.95. The van der Waals surface area contributed by atoms with E-state index in [1.807, 2.05) is 35.1 Å². The number of ether oxygens (including phenoxy) is 1. The number of aromatic nitrogens is 4. The zero-order chi connectivity index (χ0) is 18.6. The summed E-state index contributed by atoms with van der Waals surface area (Å²) in [5, 5.41) is 4.84. The molecule has 0 saturated carbocycles. The second-order valence-electron chi connectivity index (χ2n) is 6.93. The highest BCUT2D eigenvalue weighted by Crippen LogP contribution is 2.33. The van der Waals surface area contributed by atoms with Gasteiger partial charge in [-0.25, -0.2) is 9.67 Å². The topological polar surface area (TPSA) is 52.8 Å². The van der Waals surface area contributed by atoms with Crippen LogP contribution in [0.1, 0.15) is 44.3 Å². The van der Waals surface area contributed by atoms with Crippen LogP contribution in [0, 0.1) is 0 Å². The molecule has 1 saturated heterocycles. The maximum Gasteiger partial charge on any atom is 0.183 e. The van der Waals surface area contributed by atoms with Crippen LogP contribution in [0.3, 0.4) is 0 Å². The van der Waals surface area contributed by atoms with Gasteiger partial charge in [0.1, 0.15) is 5.82 Å². The average Bonchev–Trinajstić information content (AvgIpc) is 3.15. The van der Waals surface area contributed by atoms with Gasteiger partial charge in [-0.1, -0.05) is 29.3 Å². The second kappa shape index (κ2) is 8.31. The number of rotatable bonds is 5. The van der Waals surface area contributed by atoms with E-state index in [9.17, 15) is 0 Å². The molecule has 6 heteroatoms. The summed E-state index contributed by atoms with van der Waals surface area (Å²) in [5.74, 6) is 2.08. The molecular formula is C21H23BrN4O. The van der Waals surface area contributed by atoms with Gasteiger partial charge in [0, 0.05) is 35.0 Å². The Kier molecular flexibility index (Phi) is 5.64. The third kappa shape index (κ3) is 4.12. The van der Waals surface area contributed by atoms with E-state index in [2.05, 4.69) is 40.0 Å². The Morgan fingerprint density at radius 2 is 2.07 bits per heavy atom. The number of benzene rings is 1. The molecular weight excluding hydrogens is 404 g/mol. The first-order chi connectivity index (χ1) is 13.2. The van der Waals surface area contributed by atoms with E-state index in [4.69, 9.17) is 14.8 Å². The smallest absolute Gasteiger partial charge is 0.183 e. The first-order valence-electron chi connectivity index (χ1n) is 9.49. The van der Waals surface area contributed by atoms with Gasteiger partial charge in [0.05, 0.1) is 11.8 Å². The van der Waals surface area contributed by atoms with Crippen molar-refractivity contribution in [2.24, 2.45) is 0 Å². The van der Waals surface area contributed by atoms with Gasteiger partial charge in [-0.3, -0.25) is 4.98 Å². The van der Waals surface area contributed by atoms with Crippen LogP contribution in [0.15, 0.2) is 53.3 Å². The van der Waals surface area contributed by atoms with Gasteiger partial charge >= 0.3 is 0 Å². The summed E-state index contributed by atoms with van der Waals surface area (Å²) in [4.78, 5) is 9.16. The lowest BCUT2D eigenvalue weighted by atomic mass is 9.92. The Hall–Kier alpha value is -2.05. The average molecular weight is 427 g/mol. The Bertz CT molecular complexity index is 877. The van der Waals surface area contributed by atoms with Gasteiger partial charge in [-0.05, 0) is 55.7 Å². The van der Waals surface area contributed by atoms with Crippen LogP contribution in [0.5, 0.6) is 0 Å². The number of hydrogen-bond donors (Lipinski definition) is 0. The standard InChI is InChI=1S/C21H23BrN4O/c1-2-4-19-13-15(10-12-27-19)21-24-20(16-5-3-11-23-14-16)25-26(21)18-8-6-17(22)7-9-18/h3,5-9,11,14-15,19H,2,4,10,12-13H2,1H3. The summed E-state index contributed by atoms with van der Waals surface area (Å²) in [5.41, 5.74) is 1.96.